The molecule has 1 aromatic heterocycles. The van der Waals surface area contributed by atoms with E-state index < -0.39 is 0 Å². The van der Waals surface area contributed by atoms with Crippen molar-refractivity contribution in [3.05, 3.63) is 42.0 Å². The van der Waals surface area contributed by atoms with E-state index >= 15 is 0 Å². The Bertz CT molecular complexity index is 681. The number of benzene rings is 1. The molecule has 102 valence electrons. The lowest BCUT2D eigenvalue weighted by Crippen LogP contribution is -1.95. The number of methoxy groups -OCH3 is 2. The van der Waals surface area contributed by atoms with E-state index in [2.05, 4.69) is 11.1 Å². The molecule has 1 aromatic carbocycles. The first-order valence-electron chi connectivity index (χ1n) is 6.01. The summed E-state index contributed by atoms with van der Waals surface area (Å²) < 4.78 is 12.2. The van der Waals surface area contributed by atoms with E-state index in [1.165, 1.54) is 0 Å². The predicted molar refractivity (Wildman–Crippen MR) is 76.2 cm³/mol. The van der Waals surface area contributed by atoms with Crippen LogP contribution in [0.5, 0.6) is 11.5 Å². The Morgan fingerprint density at radius 1 is 1.30 bits per heavy atom. The number of hydrogen-bond acceptors (Lipinski definition) is 4. The van der Waals surface area contributed by atoms with E-state index in [4.69, 9.17) is 9.47 Å². The fraction of sp³-hybridized carbons (Fsp3) is 0.200. The molecule has 0 saturated carbocycles. The average molecular weight is 269 g/mol. The molecule has 2 aromatic rings. The molecule has 1 heterocycles. The van der Waals surface area contributed by atoms with Gasteiger partial charge >= 0.3 is 0 Å². The number of allylic oxidation sites excluding steroid dienone is 1. The number of aryl methyl sites for hydroxylation is 1. The summed E-state index contributed by atoms with van der Waals surface area (Å²) in [5.41, 5.74) is 1.34. The zero-order chi connectivity index (χ0) is 14.5. The van der Waals surface area contributed by atoms with E-state index in [1.54, 1.807) is 43.3 Å². The van der Waals surface area contributed by atoms with Crippen LogP contribution in [0.25, 0.3) is 11.6 Å². The second-order valence-electron chi connectivity index (χ2n) is 4.15. The molecule has 0 atom stereocenters. The van der Waals surface area contributed by atoms with Crippen molar-refractivity contribution in [1.82, 2.24) is 9.55 Å². The largest absolute Gasteiger partial charge is 0.493 e. The third-order valence-corrected chi connectivity index (χ3v) is 2.90. The van der Waals surface area contributed by atoms with Crippen molar-refractivity contribution in [2.24, 2.45) is 7.05 Å². The Morgan fingerprint density at radius 2 is 2.05 bits per heavy atom. The van der Waals surface area contributed by atoms with Crippen molar-refractivity contribution in [1.29, 1.82) is 5.26 Å². The number of nitriles is 1. The molecule has 0 radical (unpaired) electrons. The first kappa shape index (κ1) is 13.7. The number of hydrogen-bond donors (Lipinski definition) is 0. The lowest BCUT2D eigenvalue weighted by Gasteiger charge is -2.08. The molecular formula is C15H15N3O2. The Kier molecular flexibility index (Phi) is 4.06. The maximum Gasteiger partial charge on any atom is 0.161 e. The SMILES string of the molecule is COc1ccc(C=C(C#N)c2nccn2C)cc1OC. The summed E-state index contributed by atoms with van der Waals surface area (Å²) in [4.78, 5) is 4.18. The molecule has 2 rings (SSSR count). The van der Waals surface area contributed by atoms with E-state index in [9.17, 15) is 5.26 Å². The van der Waals surface area contributed by atoms with Crippen LogP contribution in [0, 0.1) is 11.3 Å². The van der Waals surface area contributed by atoms with Gasteiger partial charge in [-0.3, -0.25) is 0 Å². The van der Waals surface area contributed by atoms with E-state index in [1.807, 2.05) is 19.2 Å². The van der Waals surface area contributed by atoms with Crippen molar-refractivity contribution in [3.63, 3.8) is 0 Å². The lowest BCUT2D eigenvalue weighted by molar-refractivity contribution is 0.355. The first-order chi connectivity index (χ1) is 9.69. The Labute approximate surface area is 117 Å². The van der Waals surface area contributed by atoms with Crippen molar-refractivity contribution in [2.45, 2.75) is 0 Å². The summed E-state index contributed by atoms with van der Waals surface area (Å²) in [5, 5.41) is 9.28. The number of aromatic nitrogens is 2. The van der Waals surface area contributed by atoms with Crippen molar-refractivity contribution >= 4 is 11.6 Å². The summed E-state index contributed by atoms with van der Waals surface area (Å²) in [6.07, 6.45) is 5.23. The van der Waals surface area contributed by atoms with Gasteiger partial charge in [0, 0.05) is 19.4 Å². The standard InChI is InChI=1S/C15H15N3O2/c1-18-7-6-17-15(18)12(10-16)8-11-4-5-13(19-2)14(9-11)20-3/h4-9H,1-3H3. The summed E-state index contributed by atoms with van der Waals surface area (Å²) in [6.45, 7) is 0. The van der Waals surface area contributed by atoms with Crippen LogP contribution in [0.3, 0.4) is 0 Å². The Hall–Kier alpha value is -2.74. The van der Waals surface area contributed by atoms with Gasteiger partial charge in [0.05, 0.1) is 19.8 Å². The number of ether oxygens (including phenoxy) is 2. The molecule has 0 unspecified atom stereocenters. The van der Waals surface area contributed by atoms with Gasteiger partial charge in [-0.2, -0.15) is 5.26 Å². The van der Waals surface area contributed by atoms with Crippen LogP contribution in [-0.2, 0) is 7.05 Å². The summed E-state index contributed by atoms with van der Waals surface area (Å²) >= 11 is 0. The molecule has 0 N–H and O–H groups in total. The minimum absolute atomic E-state index is 0.490. The summed E-state index contributed by atoms with van der Waals surface area (Å²) in [5.74, 6) is 1.90. The minimum atomic E-state index is 0.490. The third-order valence-electron chi connectivity index (χ3n) is 2.90. The molecule has 0 aliphatic heterocycles. The van der Waals surface area contributed by atoms with E-state index in [-0.39, 0.29) is 0 Å². The van der Waals surface area contributed by atoms with Crippen LogP contribution in [0.15, 0.2) is 30.6 Å². The summed E-state index contributed by atoms with van der Waals surface area (Å²) in [7, 11) is 5.01. The van der Waals surface area contributed by atoms with Gasteiger partial charge in [0.1, 0.15) is 11.9 Å². The smallest absolute Gasteiger partial charge is 0.161 e. The van der Waals surface area contributed by atoms with Gasteiger partial charge in [-0.25, -0.2) is 4.98 Å². The average Bonchev–Trinajstić information content (AvgIpc) is 2.90. The molecule has 0 aliphatic carbocycles. The molecule has 0 amide bonds. The number of imidazole rings is 1. The van der Waals surface area contributed by atoms with Gasteiger partial charge in [0.2, 0.25) is 0 Å². The molecule has 0 bridgehead atoms. The quantitative estimate of drug-likeness (QED) is 0.800. The van der Waals surface area contributed by atoms with Crippen molar-refractivity contribution in [2.75, 3.05) is 14.2 Å². The van der Waals surface area contributed by atoms with Crippen LogP contribution < -0.4 is 9.47 Å². The van der Waals surface area contributed by atoms with E-state index in [0.717, 1.165) is 5.56 Å². The Morgan fingerprint density at radius 3 is 2.60 bits per heavy atom. The topological polar surface area (TPSA) is 60.1 Å². The fourth-order valence-corrected chi connectivity index (χ4v) is 1.88. The van der Waals surface area contributed by atoms with Gasteiger partial charge < -0.3 is 14.0 Å². The van der Waals surface area contributed by atoms with Crippen LogP contribution >= 0.6 is 0 Å². The molecule has 5 nitrogen and oxygen atoms in total. The molecule has 5 heteroatoms. The molecular weight excluding hydrogens is 254 g/mol. The molecule has 0 fully saturated rings. The fourth-order valence-electron chi connectivity index (χ4n) is 1.88. The highest BCUT2D eigenvalue weighted by molar-refractivity contribution is 5.87. The van der Waals surface area contributed by atoms with Crippen LogP contribution in [0.4, 0.5) is 0 Å². The highest BCUT2D eigenvalue weighted by Gasteiger charge is 2.08. The normalized spacial score (nSPS) is 11.0. The summed E-state index contributed by atoms with van der Waals surface area (Å²) in [6, 6.07) is 7.65. The Balaban J connectivity index is 2.44. The van der Waals surface area contributed by atoms with Crippen LogP contribution in [0.1, 0.15) is 11.4 Å². The predicted octanol–water partition coefficient (Wildman–Crippen LogP) is 2.50. The number of nitrogens with zero attached hydrogens (tertiary/aromatic N) is 3. The van der Waals surface area contributed by atoms with Crippen LogP contribution in [-0.4, -0.2) is 23.8 Å². The molecule has 20 heavy (non-hydrogen) atoms. The maximum atomic E-state index is 9.28. The number of rotatable bonds is 4. The maximum absolute atomic E-state index is 9.28. The molecule has 0 saturated heterocycles. The molecule has 0 aliphatic rings. The van der Waals surface area contributed by atoms with Crippen LogP contribution in [0.2, 0.25) is 0 Å². The highest BCUT2D eigenvalue weighted by atomic mass is 16.5. The van der Waals surface area contributed by atoms with E-state index in [0.29, 0.717) is 22.9 Å². The monoisotopic (exact) mass is 269 g/mol. The highest BCUT2D eigenvalue weighted by Crippen LogP contribution is 2.29. The zero-order valence-electron chi connectivity index (χ0n) is 11.6. The van der Waals surface area contributed by atoms with Crippen molar-refractivity contribution in [3.8, 4) is 17.6 Å². The second-order valence-corrected chi connectivity index (χ2v) is 4.15. The lowest BCUT2D eigenvalue weighted by atomic mass is 10.1. The minimum Gasteiger partial charge on any atom is -0.493 e. The van der Waals surface area contributed by atoms with Gasteiger partial charge in [-0.15, -0.1) is 0 Å². The van der Waals surface area contributed by atoms with Gasteiger partial charge in [0.25, 0.3) is 0 Å². The van der Waals surface area contributed by atoms with Gasteiger partial charge in [0.15, 0.2) is 11.5 Å². The zero-order valence-corrected chi connectivity index (χ0v) is 11.6. The first-order valence-corrected chi connectivity index (χ1v) is 6.01. The molecule has 0 spiro atoms. The third kappa shape index (κ3) is 2.64. The second kappa shape index (κ2) is 5.93. The van der Waals surface area contributed by atoms with Crippen molar-refractivity contribution < 1.29 is 9.47 Å². The van der Waals surface area contributed by atoms with Gasteiger partial charge in [-0.1, -0.05) is 6.07 Å². The van der Waals surface area contributed by atoms with Gasteiger partial charge in [-0.05, 0) is 23.8 Å².